The summed E-state index contributed by atoms with van der Waals surface area (Å²) in [7, 11) is 0. The minimum absolute atomic E-state index is 0.0611. The summed E-state index contributed by atoms with van der Waals surface area (Å²) in [6.45, 7) is 0.886. The van der Waals surface area contributed by atoms with Crippen molar-refractivity contribution in [2.24, 2.45) is 0 Å². The number of piperidine rings is 1. The Bertz CT molecular complexity index is 1860. The first-order chi connectivity index (χ1) is 20.9. The lowest BCUT2D eigenvalue weighted by Gasteiger charge is -2.47. The maximum atomic E-state index is 15.3. The van der Waals surface area contributed by atoms with Crippen LogP contribution >= 0.6 is 23.6 Å². The Morgan fingerprint density at radius 2 is 1.93 bits per heavy atom. The highest BCUT2D eigenvalue weighted by molar-refractivity contribution is 7.94. The molecule has 1 spiro atoms. The van der Waals surface area contributed by atoms with E-state index in [1.54, 1.807) is 23.1 Å². The fraction of sp³-hybridized carbons (Fsp3) is 0.241. The summed E-state index contributed by atoms with van der Waals surface area (Å²) in [4.78, 5) is 32.2. The van der Waals surface area contributed by atoms with Gasteiger partial charge in [-0.2, -0.15) is 8.66 Å². The molecule has 4 heterocycles. The van der Waals surface area contributed by atoms with Crippen molar-refractivity contribution < 1.29 is 27.0 Å². The highest BCUT2D eigenvalue weighted by Gasteiger charge is 2.45. The zero-order valence-electron chi connectivity index (χ0n) is 22.4. The van der Waals surface area contributed by atoms with E-state index in [4.69, 9.17) is 13.4 Å². The average molecular weight is 624 g/mol. The molecule has 2 aliphatic rings. The second kappa shape index (κ2) is 11.1. The van der Waals surface area contributed by atoms with Crippen LogP contribution in [0.4, 0.5) is 13.9 Å². The van der Waals surface area contributed by atoms with Crippen molar-refractivity contribution >= 4 is 45.7 Å². The summed E-state index contributed by atoms with van der Waals surface area (Å²) in [6, 6.07) is 15.1. The van der Waals surface area contributed by atoms with Gasteiger partial charge in [-0.1, -0.05) is 18.2 Å². The molecule has 220 valence electrons. The molecule has 1 fully saturated rings. The highest BCUT2D eigenvalue weighted by Crippen LogP contribution is 2.47. The van der Waals surface area contributed by atoms with Crippen LogP contribution in [0, 0.1) is 11.6 Å². The number of benzene rings is 3. The fourth-order valence-corrected chi connectivity index (χ4v) is 6.67. The van der Waals surface area contributed by atoms with Crippen molar-refractivity contribution in [2.45, 2.75) is 35.8 Å². The molecule has 0 radical (unpaired) electrons. The number of rotatable bonds is 6. The van der Waals surface area contributed by atoms with Gasteiger partial charge in [-0.15, -0.1) is 0 Å². The number of hydrogen-bond donors (Lipinski definition) is 1. The zero-order chi connectivity index (χ0) is 29.6. The lowest BCUT2D eigenvalue weighted by atomic mass is 9.80. The topological polar surface area (TPSA) is 112 Å². The van der Waals surface area contributed by atoms with E-state index in [1.807, 2.05) is 18.2 Å². The summed E-state index contributed by atoms with van der Waals surface area (Å²) in [5.74, 6) is -1.46. The number of carbonyl (C=O) groups excluding carboxylic acids is 1. The molecule has 2 aliphatic heterocycles. The molecular formula is C29H23F2N5O5S2. The van der Waals surface area contributed by atoms with Gasteiger partial charge >= 0.3 is 5.76 Å². The zero-order valence-corrected chi connectivity index (χ0v) is 24.0. The van der Waals surface area contributed by atoms with Crippen molar-refractivity contribution in [1.29, 1.82) is 0 Å². The molecular weight excluding hydrogens is 600 g/mol. The number of nitrogens with zero attached hydrogens (tertiary/aromatic N) is 4. The third kappa shape index (κ3) is 5.26. The van der Waals surface area contributed by atoms with Crippen LogP contribution in [-0.4, -0.2) is 43.4 Å². The molecule has 0 bridgehead atoms. The lowest BCUT2D eigenvalue weighted by Crippen LogP contribution is -2.52. The van der Waals surface area contributed by atoms with Crippen LogP contribution in [0.15, 0.2) is 81.1 Å². The molecule has 1 amide bonds. The van der Waals surface area contributed by atoms with E-state index in [-0.39, 0.29) is 21.9 Å². The van der Waals surface area contributed by atoms with E-state index in [0.717, 1.165) is 11.5 Å². The molecule has 1 saturated heterocycles. The number of halogens is 2. The van der Waals surface area contributed by atoms with Crippen molar-refractivity contribution in [1.82, 2.24) is 18.8 Å². The van der Waals surface area contributed by atoms with Gasteiger partial charge < -0.3 is 14.1 Å². The second-order valence-electron chi connectivity index (χ2n) is 10.3. The Labute approximate surface area is 251 Å². The maximum absolute atomic E-state index is 15.3. The number of carbonyl (C=O) groups is 1. The number of anilines is 1. The van der Waals surface area contributed by atoms with Crippen LogP contribution in [0.25, 0.3) is 11.1 Å². The smallest absolute Gasteiger partial charge is 0.420 e. The predicted octanol–water partition coefficient (Wildman–Crippen LogP) is 5.82. The third-order valence-electron chi connectivity index (χ3n) is 7.81. The first-order valence-corrected chi connectivity index (χ1v) is 14.9. The molecule has 7 rings (SSSR count). The molecule has 10 nitrogen and oxygen atoms in total. The van der Waals surface area contributed by atoms with Gasteiger partial charge in [0.25, 0.3) is 5.91 Å². The molecule has 1 atom stereocenters. The molecule has 14 heteroatoms. The fourth-order valence-electron chi connectivity index (χ4n) is 5.74. The van der Waals surface area contributed by atoms with Gasteiger partial charge in [0.05, 0.1) is 28.5 Å². The number of hydrogen-bond acceptors (Lipinski definition) is 10. The predicted molar refractivity (Wildman–Crippen MR) is 155 cm³/mol. The van der Waals surface area contributed by atoms with Crippen molar-refractivity contribution in [3.63, 3.8) is 0 Å². The van der Waals surface area contributed by atoms with Gasteiger partial charge in [-0.25, -0.2) is 24.0 Å². The van der Waals surface area contributed by atoms with Gasteiger partial charge in [0.15, 0.2) is 5.58 Å². The molecule has 0 saturated carbocycles. The number of amides is 1. The van der Waals surface area contributed by atoms with Gasteiger partial charge in [0.2, 0.25) is 5.13 Å². The van der Waals surface area contributed by atoms with Crippen LogP contribution < -0.4 is 16.0 Å². The number of aromatic nitrogens is 3. The van der Waals surface area contributed by atoms with Gasteiger partial charge in [0.1, 0.15) is 29.3 Å². The van der Waals surface area contributed by atoms with Gasteiger partial charge in [0, 0.05) is 67.1 Å². The molecule has 1 N–H and O–H groups in total. The Balaban J connectivity index is 1.19. The maximum Gasteiger partial charge on any atom is 0.420 e. The minimum atomic E-state index is -0.732. The van der Waals surface area contributed by atoms with Crippen molar-refractivity contribution in [3.05, 3.63) is 100 Å². The SMILES string of the molecule is O=C(c1ccccc1)N1CCC2(CC1)CC(n1c(=O)oc3cc(SONc4ncns4)c(F)cc31)c1cc(F)ccc1O2. The largest absolute Gasteiger partial charge is 0.487 e. The second-order valence-corrected chi connectivity index (χ2v) is 11.9. The standard InChI is InChI=1S/C29H23F2N5O5S2/c30-18-6-7-23-19(12-18)22(15-29(40-23)8-10-35(11-9-29)26(37)17-4-2-1-3-5-17)36-21-13-20(31)25(14-24(21)39-28(36)38)43-41-34-27-32-16-33-42-27/h1-7,12-14,16,22H,8-11,15H2,(H,32,33,34). The van der Waals surface area contributed by atoms with E-state index < -0.39 is 29.0 Å². The lowest BCUT2D eigenvalue weighted by molar-refractivity contribution is -0.0209. The Hall–Kier alpha value is -4.27. The first kappa shape index (κ1) is 27.6. The number of likely N-dealkylation sites (tertiary alicyclic amines) is 1. The molecule has 1 unspecified atom stereocenters. The van der Waals surface area contributed by atoms with Crippen molar-refractivity contribution in [3.8, 4) is 5.75 Å². The number of nitrogens with one attached hydrogen (secondary N) is 1. The third-order valence-corrected chi connectivity index (χ3v) is 9.03. The van der Waals surface area contributed by atoms with E-state index in [9.17, 15) is 14.0 Å². The molecule has 3 aromatic carbocycles. The van der Waals surface area contributed by atoms with E-state index in [1.165, 1.54) is 35.2 Å². The quantitative estimate of drug-likeness (QED) is 0.185. The van der Waals surface area contributed by atoms with Crippen LogP contribution in [0.2, 0.25) is 0 Å². The normalized spacial score (nSPS) is 17.5. The van der Waals surface area contributed by atoms with E-state index in [0.29, 0.717) is 66.4 Å². The summed E-state index contributed by atoms with van der Waals surface area (Å²) in [6.07, 6.45) is 2.65. The minimum Gasteiger partial charge on any atom is -0.487 e. The van der Waals surface area contributed by atoms with Crippen LogP contribution in [0.1, 0.15) is 41.2 Å². The number of oxazole rings is 1. The first-order valence-electron chi connectivity index (χ1n) is 13.4. The van der Waals surface area contributed by atoms with E-state index in [2.05, 4.69) is 14.8 Å². The van der Waals surface area contributed by atoms with E-state index >= 15 is 4.39 Å². The molecule has 2 aromatic heterocycles. The number of fused-ring (bicyclic) bond motifs is 2. The monoisotopic (exact) mass is 623 g/mol. The molecule has 43 heavy (non-hydrogen) atoms. The molecule has 0 aliphatic carbocycles. The van der Waals surface area contributed by atoms with Crippen molar-refractivity contribution in [2.75, 3.05) is 18.6 Å². The van der Waals surface area contributed by atoms with Crippen LogP contribution in [-0.2, 0) is 4.28 Å². The van der Waals surface area contributed by atoms with Crippen LogP contribution in [0.3, 0.4) is 0 Å². The highest BCUT2D eigenvalue weighted by atomic mass is 32.2. The average Bonchev–Trinajstić information content (AvgIpc) is 3.64. The van der Waals surface area contributed by atoms with Gasteiger partial charge in [-0.3, -0.25) is 9.36 Å². The molecule has 5 aromatic rings. The number of ether oxygens (including phenoxy) is 1. The summed E-state index contributed by atoms with van der Waals surface area (Å²) in [5.41, 5.74) is 3.26. The summed E-state index contributed by atoms with van der Waals surface area (Å²) in [5, 5.41) is 0.390. The van der Waals surface area contributed by atoms with Gasteiger partial charge in [-0.05, 0) is 30.3 Å². The Morgan fingerprint density at radius 1 is 1.12 bits per heavy atom. The summed E-state index contributed by atoms with van der Waals surface area (Å²) < 4.78 is 52.3. The Kier molecular flexibility index (Phi) is 7.11. The Morgan fingerprint density at radius 3 is 2.70 bits per heavy atom. The summed E-state index contributed by atoms with van der Waals surface area (Å²) >= 11 is 1.77. The van der Waals surface area contributed by atoms with Crippen LogP contribution in [0.5, 0.6) is 5.75 Å².